The zero-order chi connectivity index (χ0) is 14.1. The second-order valence-corrected chi connectivity index (χ2v) is 7.77. The van der Waals surface area contributed by atoms with Gasteiger partial charge in [0.2, 0.25) is 0 Å². The Balaban J connectivity index is 1.84. The van der Waals surface area contributed by atoms with Crippen molar-refractivity contribution in [2.24, 2.45) is 0 Å². The molecule has 1 aromatic carbocycles. The van der Waals surface area contributed by atoms with Crippen molar-refractivity contribution in [3.05, 3.63) is 56.0 Å². The summed E-state index contributed by atoms with van der Waals surface area (Å²) in [6, 6.07) is 10.1. The Morgan fingerprint density at radius 2 is 2.05 bits per heavy atom. The van der Waals surface area contributed by atoms with E-state index < -0.39 is 0 Å². The average molecular weight is 366 g/mol. The molecule has 3 aromatic rings. The van der Waals surface area contributed by atoms with Crippen molar-refractivity contribution in [1.82, 2.24) is 4.90 Å². The van der Waals surface area contributed by atoms with Gasteiger partial charge in [0.15, 0.2) is 0 Å². The summed E-state index contributed by atoms with van der Waals surface area (Å²) in [6.45, 7) is 0.630. The third-order valence-corrected chi connectivity index (χ3v) is 5.62. The third kappa shape index (κ3) is 2.66. The SMILES string of the molecule is CN(Cc1csc(Br)c1)C(=O)c1csc2ccccc12. The highest BCUT2D eigenvalue weighted by Gasteiger charge is 2.16. The highest BCUT2D eigenvalue weighted by Crippen LogP contribution is 2.27. The molecule has 0 radical (unpaired) electrons. The van der Waals surface area contributed by atoms with Crippen molar-refractivity contribution >= 4 is 54.6 Å². The Morgan fingerprint density at radius 1 is 1.25 bits per heavy atom. The molecule has 20 heavy (non-hydrogen) atoms. The number of hydrogen-bond donors (Lipinski definition) is 0. The lowest BCUT2D eigenvalue weighted by atomic mass is 10.1. The predicted molar refractivity (Wildman–Crippen MR) is 89.6 cm³/mol. The summed E-state index contributed by atoms with van der Waals surface area (Å²) in [5.41, 5.74) is 1.94. The summed E-state index contributed by atoms with van der Waals surface area (Å²) < 4.78 is 2.25. The number of carbonyl (C=O) groups is 1. The van der Waals surface area contributed by atoms with E-state index in [-0.39, 0.29) is 5.91 Å². The van der Waals surface area contributed by atoms with E-state index in [2.05, 4.69) is 27.4 Å². The van der Waals surface area contributed by atoms with Crippen molar-refractivity contribution in [3.63, 3.8) is 0 Å². The third-order valence-electron chi connectivity index (χ3n) is 3.10. The van der Waals surface area contributed by atoms with E-state index in [4.69, 9.17) is 0 Å². The van der Waals surface area contributed by atoms with Gasteiger partial charge in [-0.2, -0.15) is 0 Å². The van der Waals surface area contributed by atoms with Crippen LogP contribution in [-0.4, -0.2) is 17.9 Å². The zero-order valence-electron chi connectivity index (χ0n) is 10.8. The van der Waals surface area contributed by atoms with Crippen molar-refractivity contribution in [2.45, 2.75) is 6.54 Å². The number of hydrogen-bond acceptors (Lipinski definition) is 3. The lowest BCUT2D eigenvalue weighted by Gasteiger charge is -2.16. The molecule has 2 heterocycles. The number of nitrogens with zero attached hydrogens (tertiary/aromatic N) is 1. The molecule has 0 aliphatic rings. The lowest BCUT2D eigenvalue weighted by molar-refractivity contribution is 0.0787. The summed E-state index contributed by atoms with van der Waals surface area (Å²) in [6.07, 6.45) is 0. The summed E-state index contributed by atoms with van der Waals surface area (Å²) >= 11 is 6.70. The molecule has 1 amide bonds. The number of rotatable bonds is 3. The monoisotopic (exact) mass is 365 g/mol. The molecule has 0 fully saturated rings. The maximum absolute atomic E-state index is 12.6. The molecule has 0 aliphatic heterocycles. The first-order valence-corrected chi connectivity index (χ1v) is 8.65. The largest absolute Gasteiger partial charge is 0.337 e. The maximum Gasteiger partial charge on any atom is 0.255 e. The van der Waals surface area contributed by atoms with Crippen molar-refractivity contribution < 1.29 is 4.79 Å². The van der Waals surface area contributed by atoms with Gasteiger partial charge >= 0.3 is 0 Å². The Kier molecular flexibility index (Phi) is 3.92. The molecule has 0 saturated carbocycles. The van der Waals surface area contributed by atoms with Crippen LogP contribution in [0, 0.1) is 0 Å². The quantitative estimate of drug-likeness (QED) is 0.639. The summed E-state index contributed by atoms with van der Waals surface area (Å²) in [5, 5.41) is 5.06. The van der Waals surface area contributed by atoms with Crippen LogP contribution in [-0.2, 0) is 6.54 Å². The molecule has 0 saturated heterocycles. The van der Waals surface area contributed by atoms with Crippen LogP contribution in [0.4, 0.5) is 0 Å². The van der Waals surface area contributed by atoms with Gasteiger partial charge < -0.3 is 4.90 Å². The van der Waals surface area contributed by atoms with E-state index in [9.17, 15) is 4.79 Å². The molecule has 0 bridgehead atoms. The van der Waals surface area contributed by atoms with Crippen LogP contribution in [0.3, 0.4) is 0 Å². The first-order valence-electron chi connectivity index (χ1n) is 6.10. The fourth-order valence-electron chi connectivity index (χ4n) is 2.12. The summed E-state index contributed by atoms with van der Waals surface area (Å²) in [7, 11) is 1.85. The van der Waals surface area contributed by atoms with Crippen LogP contribution in [0.1, 0.15) is 15.9 Å². The van der Waals surface area contributed by atoms with Gasteiger partial charge in [0.1, 0.15) is 0 Å². The van der Waals surface area contributed by atoms with E-state index in [0.29, 0.717) is 6.54 Å². The molecule has 0 aliphatic carbocycles. The molecule has 5 heteroatoms. The van der Waals surface area contributed by atoms with Gasteiger partial charge in [-0.25, -0.2) is 0 Å². The van der Waals surface area contributed by atoms with Gasteiger partial charge in [0.05, 0.1) is 9.35 Å². The number of amides is 1. The van der Waals surface area contributed by atoms with Gasteiger partial charge in [-0.3, -0.25) is 4.79 Å². The fraction of sp³-hybridized carbons (Fsp3) is 0.133. The number of halogens is 1. The topological polar surface area (TPSA) is 20.3 Å². The Bertz CT molecular complexity index is 762. The zero-order valence-corrected chi connectivity index (χ0v) is 14.0. The Morgan fingerprint density at radius 3 is 2.80 bits per heavy atom. The van der Waals surface area contributed by atoms with Crippen LogP contribution >= 0.6 is 38.6 Å². The van der Waals surface area contributed by atoms with Crippen molar-refractivity contribution in [3.8, 4) is 0 Å². The van der Waals surface area contributed by atoms with Gasteiger partial charge in [-0.05, 0) is 39.0 Å². The normalized spacial score (nSPS) is 10.9. The number of thiophene rings is 2. The highest BCUT2D eigenvalue weighted by atomic mass is 79.9. The smallest absolute Gasteiger partial charge is 0.255 e. The van der Waals surface area contributed by atoms with E-state index in [1.165, 1.54) is 0 Å². The molecule has 0 atom stereocenters. The van der Waals surface area contributed by atoms with Crippen LogP contribution in [0.2, 0.25) is 0 Å². The van der Waals surface area contributed by atoms with Crippen LogP contribution < -0.4 is 0 Å². The summed E-state index contributed by atoms with van der Waals surface area (Å²) in [4.78, 5) is 14.3. The van der Waals surface area contributed by atoms with Crippen molar-refractivity contribution in [2.75, 3.05) is 7.05 Å². The maximum atomic E-state index is 12.6. The molecular formula is C15H12BrNOS2. The predicted octanol–water partition coefficient (Wildman–Crippen LogP) is 5.00. The van der Waals surface area contributed by atoms with E-state index in [1.54, 1.807) is 27.6 Å². The second-order valence-electron chi connectivity index (χ2n) is 4.57. The number of carbonyl (C=O) groups excluding carboxylic acids is 1. The molecule has 0 N–H and O–H groups in total. The van der Waals surface area contributed by atoms with Gasteiger partial charge in [0, 0.05) is 29.1 Å². The molecular weight excluding hydrogens is 354 g/mol. The second kappa shape index (κ2) is 5.68. The van der Waals surface area contributed by atoms with Crippen molar-refractivity contribution in [1.29, 1.82) is 0 Å². The summed E-state index contributed by atoms with van der Waals surface area (Å²) in [5.74, 6) is 0.0739. The fourth-order valence-corrected chi connectivity index (χ4v) is 4.26. The number of fused-ring (bicyclic) bond motifs is 1. The standard InChI is InChI=1S/C15H12BrNOS2/c1-17(7-10-6-14(16)20-8-10)15(18)12-9-19-13-5-3-2-4-11(12)13/h2-6,8-9H,7H2,1H3. The average Bonchev–Trinajstić information content (AvgIpc) is 3.04. The first kappa shape index (κ1) is 13.8. The Hall–Kier alpha value is -1.17. The minimum Gasteiger partial charge on any atom is -0.337 e. The molecule has 0 unspecified atom stereocenters. The minimum absolute atomic E-state index is 0.0739. The molecule has 2 nitrogen and oxygen atoms in total. The lowest BCUT2D eigenvalue weighted by Crippen LogP contribution is -2.25. The van der Waals surface area contributed by atoms with Crippen LogP contribution in [0.25, 0.3) is 10.1 Å². The van der Waals surface area contributed by atoms with Crippen LogP contribution in [0.5, 0.6) is 0 Å². The van der Waals surface area contributed by atoms with Gasteiger partial charge in [-0.1, -0.05) is 18.2 Å². The van der Waals surface area contributed by atoms with Gasteiger partial charge in [0.25, 0.3) is 5.91 Å². The molecule has 102 valence electrons. The first-order chi connectivity index (χ1) is 9.65. The molecule has 2 aromatic heterocycles. The van der Waals surface area contributed by atoms with Gasteiger partial charge in [-0.15, -0.1) is 22.7 Å². The van der Waals surface area contributed by atoms with E-state index >= 15 is 0 Å². The highest BCUT2D eigenvalue weighted by molar-refractivity contribution is 9.11. The van der Waals surface area contributed by atoms with E-state index in [0.717, 1.165) is 25.0 Å². The van der Waals surface area contributed by atoms with E-state index in [1.807, 2.05) is 36.7 Å². The minimum atomic E-state index is 0.0739. The molecule has 3 rings (SSSR count). The molecule has 0 spiro atoms. The number of benzene rings is 1. The van der Waals surface area contributed by atoms with Crippen LogP contribution in [0.15, 0.2) is 44.9 Å². The Labute approximate surface area is 133 Å².